The van der Waals surface area contributed by atoms with Crippen molar-refractivity contribution in [2.45, 2.75) is 58.9 Å². The lowest BCUT2D eigenvalue weighted by atomic mass is 10.0. The van der Waals surface area contributed by atoms with E-state index in [1.54, 1.807) is 25.1 Å². The number of benzene rings is 3. The zero-order valence-corrected chi connectivity index (χ0v) is 24.0. The minimum Gasteiger partial charge on any atom is -0.489 e. The fourth-order valence-electron chi connectivity index (χ4n) is 4.05. The first-order valence-electron chi connectivity index (χ1n) is 13.0. The van der Waals surface area contributed by atoms with Crippen LogP contribution in [0.4, 0.5) is 0 Å². The van der Waals surface area contributed by atoms with E-state index in [4.69, 9.17) is 37.4 Å². The molecule has 208 valence electrons. The Balaban J connectivity index is 1.66. The number of rotatable bonds is 14. The summed E-state index contributed by atoms with van der Waals surface area (Å²) in [7, 11) is 0. The van der Waals surface area contributed by atoms with Gasteiger partial charge in [0, 0.05) is 10.0 Å². The number of esters is 2. The van der Waals surface area contributed by atoms with Crippen molar-refractivity contribution in [2.75, 3.05) is 6.61 Å². The van der Waals surface area contributed by atoms with Gasteiger partial charge in [-0.05, 0) is 72.7 Å². The second-order valence-electron chi connectivity index (χ2n) is 9.66. The number of carbonyl (C=O) groups excluding carboxylic acids is 2. The summed E-state index contributed by atoms with van der Waals surface area (Å²) in [4.78, 5) is 25.9. The summed E-state index contributed by atoms with van der Waals surface area (Å²) in [6, 6.07) is 20.8. The first-order chi connectivity index (χ1) is 18.7. The molecule has 0 spiro atoms. The maximum atomic E-state index is 13.0. The Morgan fingerprint density at radius 2 is 1.41 bits per heavy atom. The standard InChI is InChI=1S/C31H35Cl2NO5/c1-4-37-30(35)29(34-28(14-21(2)3)31(36)39-19-23-8-6-5-7-9-23)17-22-10-12-27(13-11-22)38-20-24-15-25(32)18-26(33)16-24/h5-13,15-16,18,21,28-29,34H,4,14,17,19-20H2,1-3H3. The number of nitrogens with one attached hydrogen (secondary N) is 1. The molecule has 2 atom stereocenters. The van der Waals surface area contributed by atoms with Gasteiger partial charge in [0.15, 0.2) is 0 Å². The second kappa shape index (κ2) is 15.5. The van der Waals surface area contributed by atoms with Crippen LogP contribution in [0.3, 0.4) is 0 Å². The first kappa shape index (κ1) is 30.5. The van der Waals surface area contributed by atoms with Gasteiger partial charge in [-0.3, -0.25) is 14.9 Å². The van der Waals surface area contributed by atoms with Crippen LogP contribution in [-0.4, -0.2) is 30.6 Å². The molecule has 0 fully saturated rings. The lowest BCUT2D eigenvalue weighted by Crippen LogP contribution is -2.50. The summed E-state index contributed by atoms with van der Waals surface area (Å²) >= 11 is 12.1. The molecule has 0 saturated heterocycles. The Bertz CT molecular complexity index is 1180. The summed E-state index contributed by atoms with van der Waals surface area (Å²) in [5, 5.41) is 4.32. The van der Waals surface area contributed by atoms with Crippen molar-refractivity contribution < 1.29 is 23.8 Å². The Morgan fingerprint density at radius 3 is 2.03 bits per heavy atom. The Morgan fingerprint density at radius 1 is 0.769 bits per heavy atom. The molecule has 6 nitrogen and oxygen atoms in total. The average Bonchev–Trinajstić information content (AvgIpc) is 2.90. The Hall–Kier alpha value is -3.06. The smallest absolute Gasteiger partial charge is 0.323 e. The van der Waals surface area contributed by atoms with E-state index in [9.17, 15) is 9.59 Å². The third kappa shape index (κ3) is 10.6. The van der Waals surface area contributed by atoms with Gasteiger partial charge in [-0.25, -0.2) is 0 Å². The predicted molar refractivity (Wildman–Crippen MR) is 154 cm³/mol. The van der Waals surface area contributed by atoms with Crippen molar-refractivity contribution in [1.29, 1.82) is 0 Å². The van der Waals surface area contributed by atoms with Crippen LogP contribution in [0.5, 0.6) is 5.75 Å². The molecule has 39 heavy (non-hydrogen) atoms. The van der Waals surface area contributed by atoms with Gasteiger partial charge >= 0.3 is 11.9 Å². The van der Waals surface area contributed by atoms with Gasteiger partial charge in [-0.15, -0.1) is 0 Å². The molecule has 3 aromatic rings. The van der Waals surface area contributed by atoms with Gasteiger partial charge in [0.05, 0.1) is 6.61 Å². The van der Waals surface area contributed by atoms with Gasteiger partial charge in [0.2, 0.25) is 0 Å². The van der Waals surface area contributed by atoms with Crippen LogP contribution in [0, 0.1) is 5.92 Å². The highest BCUT2D eigenvalue weighted by Gasteiger charge is 2.29. The molecule has 0 aliphatic carbocycles. The number of hydrogen-bond donors (Lipinski definition) is 1. The van der Waals surface area contributed by atoms with Crippen LogP contribution in [0.1, 0.15) is 43.9 Å². The number of halogens is 2. The quantitative estimate of drug-likeness (QED) is 0.215. The molecule has 8 heteroatoms. The fourth-order valence-corrected chi connectivity index (χ4v) is 4.62. The molecular formula is C31H35Cl2NO5. The van der Waals surface area contributed by atoms with Crippen LogP contribution >= 0.6 is 23.2 Å². The SMILES string of the molecule is CCOC(=O)C(Cc1ccc(OCc2cc(Cl)cc(Cl)c2)cc1)NC(CC(C)C)C(=O)OCc1ccccc1. The summed E-state index contributed by atoms with van der Waals surface area (Å²) in [6.07, 6.45) is 0.855. The summed E-state index contributed by atoms with van der Waals surface area (Å²) in [6.45, 7) is 6.53. The number of carbonyl (C=O) groups is 2. The maximum absolute atomic E-state index is 13.0. The van der Waals surface area contributed by atoms with Gasteiger partial charge in [0.1, 0.15) is 31.0 Å². The normalized spacial score (nSPS) is 12.6. The summed E-state index contributed by atoms with van der Waals surface area (Å²) in [5.41, 5.74) is 2.65. The van der Waals surface area contributed by atoms with Crippen molar-refractivity contribution in [3.63, 3.8) is 0 Å². The van der Waals surface area contributed by atoms with E-state index in [-0.39, 0.29) is 19.1 Å². The van der Waals surface area contributed by atoms with Crippen LogP contribution < -0.4 is 10.1 Å². The fraction of sp³-hybridized carbons (Fsp3) is 0.355. The van der Waals surface area contributed by atoms with Gasteiger partial charge in [-0.2, -0.15) is 0 Å². The van der Waals surface area contributed by atoms with Crippen LogP contribution in [0.25, 0.3) is 0 Å². The highest BCUT2D eigenvalue weighted by molar-refractivity contribution is 6.34. The van der Waals surface area contributed by atoms with E-state index in [0.29, 0.717) is 35.2 Å². The van der Waals surface area contributed by atoms with Crippen LogP contribution in [0.2, 0.25) is 10.0 Å². The molecule has 0 amide bonds. The van der Waals surface area contributed by atoms with Crippen LogP contribution in [-0.2, 0) is 38.7 Å². The summed E-state index contributed by atoms with van der Waals surface area (Å²) in [5.74, 6) is 0.0603. The lowest BCUT2D eigenvalue weighted by Gasteiger charge is -2.25. The molecule has 1 N–H and O–H groups in total. The van der Waals surface area contributed by atoms with Gasteiger partial charge < -0.3 is 14.2 Å². The molecular weight excluding hydrogens is 537 g/mol. The lowest BCUT2D eigenvalue weighted by molar-refractivity contribution is -0.150. The van der Waals surface area contributed by atoms with Gasteiger partial charge in [-0.1, -0.05) is 79.5 Å². The molecule has 0 saturated carbocycles. The van der Waals surface area contributed by atoms with Crippen molar-refractivity contribution in [2.24, 2.45) is 5.92 Å². The van der Waals surface area contributed by atoms with Crippen molar-refractivity contribution in [3.05, 3.63) is 99.5 Å². The topological polar surface area (TPSA) is 73.9 Å². The maximum Gasteiger partial charge on any atom is 0.323 e. The molecule has 0 radical (unpaired) electrons. The second-order valence-corrected chi connectivity index (χ2v) is 10.5. The third-order valence-corrected chi connectivity index (χ3v) is 6.32. The molecule has 0 aliphatic rings. The molecule has 0 heterocycles. The van der Waals surface area contributed by atoms with E-state index < -0.39 is 24.0 Å². The van der Waals surface area contributed by atoms with Crippen molar-refractivity contribution in [1.82, 2.24) is 5.32 Å². The first-order valence-corrected chi connectivity index (χ1v) is 13.8. The summed E-state index contributed by atoms with van der Waals surface area (Å²) < 4.78 is 16.8. The highest BCUT2D eigenvalue weighted by atomic mass is 35.5. The number of ether oxygens (including phenoxy) is 3. The molecule has 3 aromatic carbocycles. The zero-order chi connectivity index (χ0) is 28.2. The molecule has 3 rings (SSSR count). The number of hydrogen-bond acceptors (Lipinski definition) is 6. The van der Waals surface area contributed by atoms with E-state index in [1.807, 2.05) is 68.4 Å². The minimum absolute atomic E-state index is 0.170. The molecule has 2 unspecified atom stereocenters. The van der Waals surface area contributed by atoms with Crippen molar-refractivity contribution >= 4 is 35.1 Å². The molecule has 0 bridgehead atoms. The van der Waals surface area contributed by atoms with E-state index >= 15 is 0 Å². The monoisotopic (exact) mass is 571 g/mol. The Kier molecular flexibility index (Phi) is 12.1. The van der Waals surface area contributed by atoms with Gasteiger partial charge in [0.25, 0.3) is 0 Å². The largest absolute Gasteiger partial charge is 0.489 e. The minimum atomic E-state index is -0.724. The average molecular weight is 573 g/mol. The van der Waals surface area contributed by atoms with Crippen LogP contribution in [0.15, 0.2) is 72.8 Å². The van der Waals surface area contributed by atoms with E-state index in [2.05, 4.69) is 5.32 Å². The molecule has 0 aromatic heterocycles. The molecule has 0 aliphatic heterocycles. The highest BCUT2D eigenvalue weighted by Crippen LogP contribution is 2.21. The third-order valence-electron chi connectivity index (χ3n) is 5.88. The predicted octanol–water partition coefficient (Wildman–Crippen LogP) is 6.79. The Labute approximate surface area is 240 Å². The van der Waals surface area contributed by atoms with E-state index in [0.717, 1.165) is 16.7 Å². The zero-order valence-electron chi connectivity index (χ0n) is 22.5. The van der Waals surface area contributed by atoms with E-state index in [1.165, 1.54) is 0 Å². The van der Waals surface area contributed by atoms with Crippen molar-refractivity contribution in [3.8, 4) is 5.75 Å².